The standard InChI is InChI=1S/C18H23N3O3.C11H15BrN2O3.C9H10BrFN2O.2CH4/c1-13-2-3-15(19)11-16(13)14-10-17(21-4-7-23-8-5-21)18(20-12-14)24-9-6-22;12-9-7-10(14-1-4-16-5-2-14)11(13-8-9)17-6-3-15;10-7-5-8(9(11)12-6-7)13-1-3-14-4-2-13;;/h2-3,10-12,22H,4-9,19H2,1H3;7-8,15H,1-6H2;5-6H,1-4H2;2*1H4. The van der Waals surface area contributed by atoms with Crippen LogP contribution in [0.5, 0.6) is 11.8 Å². The van der Waals surface area contributed by atoms with Crippen molar-refractivity contribution in [3.05, 3.63) is 75.4 Å². The molecule has 4 aromatic rings. The maximum atomic E-state index is 13.3. The molecule has 0 radical (unpaired) electrons. The molecule has 57 heavy (non-hydrogen) atoms. The molecule has 0 bridgehead atoms. The van der Waals surface area contributed by atoms with Gasteiger partial charge in [-0.3, -0.25) is 0 Å². The van der Waals surface area contributed by atoms with Gasteiger partial charge in [0.25, 0.3) is 0 Å². The van der Waals surface area contributed by atoms with E-state index in [0.29, 0.717) is 57.1 Å². The zero-order chi connectivity index (χ0) is 39.0. The molecule has 0 amide bonds. The minimum atomic E-state index is -0.421. The van der Waals surface area contributed by atoms with E-state index in [1.54, 1.807) is 18.5 Å². The highest BCUT2D eigenvalue weighted by Gasteiger charge is 2.20. The molecular weight excluding hydrogens is 869 g/mol. The van der Waals surface area contributed by atoms with Crippen molar-refractivity contribution in [3.63, 3.8) is 0 Å². The first-order valence-electron chi connectivity index (χ1n) is 18.1. The van der Waals surface area contributed by atoms with Gasteiger partial charge in [-0.05, 0) is 80.2 Å². The van der Waals surface area contributed by atoms with Crippen LogP contribution in [0.25, 0.3) is 11.1 Å². The van der Waals surface area contributed by atoms with Gasteiger partial charge in [-0.2, -0.15) is 4.39 Å². The molecule has 0 spiro atoms. The average molecular weight is 926 g/mol. The fraction of sp³-hybridized carbons (Fsp3) is 0.475. The van der Waals surface area contributed by atoms with Gasteiger partial charge in [0.05, 0.1) is 58.5 Å². The first kappa shape index (κ1) is 47.5. The van der Waals surface area contributed by atoms with Crippen LogP contribution in [0.1, 0.15) is 20.4 Å². The zero-order valence-electron chi connectivity index (χ0n) is 30.8. The number of anilines is 4. The van der Waals surface area contributed by atoms with E-state index in [2.05, 4.69) is 69.6 Å². The normalized spacial score (nSPS) is 15.2. The second kappa shape index (κ2) is 24.8. The molecule has 0 unspecified atom stereocenters. The summed E-state index contributed by atoms with van der Waals surface area (Å²) in [5, 5.41) is 17.8. The summed E-state index contributed by atoms with van der Waals surface area (Å²) in [5.74, 6) is 0.676. The minimum Gasteiger partial charge on any atom is -0.474 e. The Bertz CT molecular complexity index is 1800. The largest absolute Gasteiger partial charge is 0.474 e. The highest BCUT2D eigenvalue weighted by Crippen LogP contribution is 2.34. The lowest BCUT2D eigenvalue weighted by Crippen LogP contribution is -2.36. The lowest BCUT2D eigenvalue weighted by molar-refractivity contribution is 0.122. The molecule has 3 saturated heterocycles. The number of morpholine rings is 3. The summed E-state index contributed by atoms with van der Waals surface area (Å²) in [5.41, 5.74) is 12.3. The average Bonchev–Trinajstić information content (AvgIpc) is 3.23. The molecule has 7 rings (SSSR count). The molecule has 3 aliphatic rings. The molecule has 3 aromatic heterocycles. The Morgan fingerprint density at radius 3 is 1.61 bits per heavy atom. The van der Waals surface area contributed by atoms with Gasteiger partial charge < -0.3 is 54.3 Å². The third-order valence-electron chi connectivity index (χ3n) is 8.71. The molecule has 0 saturated carbocycles. The summed E-state index contributed by atoms with van der Waals surface area (Å²) in [6.45, 7) is 11.2. The van der Waals surface area contributed by atoms with Crippen molar-refractivity contribution in [1.82, 2.24) is 15.0 Å². The van der Waals surface area contributed by atoms with E-state index < -0.39 is 5.95 Å². The van der Waals surface area contributed by atoms with E-state index in [4.69, 9.17) is 39.6 Å². The van der Waals surface area contributed by atoms with E-state index >= 15 is 0 Å². The first-order chi connectivity index (χ1) is 26.8. The fourth-order valence-electron chi connectivity index (χ4n) is 5.96. The van der Waals surface area contributed by atoms with Crippen molar-refractivity contribution < 1.29 is 38.3 Å². The summed E-state index contributed by atoms with van der Waals surface area (Å²) < 4.78 is 42.0. The van der Waals surface area contributed by atoms with Crippen LogP contribution in [0.15, 0.2) is 63.9 Å². The van der Waals surface area contributed by atoms with Crippen molar-refractivity contribution in [2.75, 3.05) is 126 Å². The molecule has 0 atom stereocenters. The molecule has 14 nitrogen and oxygen atoms in total. The molecule has 3 aliphatic heterocycles. The number of benzene rings is 1. The van der Waals surface area contributed by atoms with Crippen LogP contribution in [0.3, 0.4) is 0 Å². The second-order valence-corrected chi connectivity index (χ2v) is 14.3. The Kier molecular flexibility index (Phi) is 20.7. The van der Waals surface area contributed by atoms with Gasteiger partial charge in [0.15, 0.2) is 0 Å². The Balaban J connectivity index is 0.000000234. The quantitative estimate of drug-likeness (QED) is 0.126. The predicted molar refractivity (Wildman–Crippen MR) is 230 cm³/mol. The van der Waals surface area contributed by atoms with E-state index in [0.717, 1.165) is 82.0 Å². The van der Waals surface area contributed by atoms with Crippen LogP contribution in [0.2, 0.25) is 0 Å². The van der Waals surface area contributed by atoms with Crippen LogP contribution < -0.4 is 29.9 Å². The topological polar surface area (TPSA) is 161 Å². The number of nitrogen functional groups attached to an aromatic ring is 1. The summed E-state index contributed by atoms with van der Waals surface area (Å²) in [6, 6.07) is 11.7. The monoisotopic (exact) mass is 923 g/mol. The van der Waals surface area contributed by atoms with E-state index in [1.165, 1.54) is 6.20 Å². The number of nitrogens with zero attached hydrogens (tertiary/aromatic N) is 6. The number of ether oxygens (including phenoxy) is 5. The zero-order valence-corrected chi connectivity index (χ0v) is 34.0. The lowest BCUT2D eigenvalue weighted by atomic mass is 10.0. The third-order valence-corrected chi connectivity index (χ3v) is 9.57. The summed E-state index contributed by atoms with van der Waals surface area (Å²) in [6.07, 6.45) is 4.94. The highest BCUT2D eigenvalue weighted by atomic mass is 79.9. The van der Waals surface area contributed by atoms with Gasteiger partial charge in [0.2, 0.25) is 17.7 Å². The smallest absolute Gasteiger partial charge is 0.237 e. The number of aryl methyl sites for hydroxylation is 1. The number of nitrogens with two attached hydrogens (primary N) is 1. The van der Waals surface area contributed by atoms with E-state index in [9.17, 15) is 4.39 Å². The van der Waals surface area contributed by atoms with Crippen LogP contribution >= 0.6 is 31.9 Å². The molecular formula is C40H56Br2FN7O7. The van der Waals surface area contributed by atoms with Crippen LogP contribution in [0.4, 0.5) is 27.1 Å². The molecule has 314 valence electrons. The van der Waals surface area contributed by atoms with Crippen molar-refractivity contribution in [2.45, 2.75) is 21.8 Å². The molecule has 0 aliphatic carbocycles. The number of aliphatic hydroxyl groups is 2. The first-order valence-corrected chi connectivity index (χ1v) is 19.6. The number of rotatable bonds is 10. The van der Waals surface area contributed by atoms with Gasteiger partial charge in [0, 0.05) is 78.1 Å². The maximum absolute atomic E-state index is 13.3. The number of aromatic nitrogens is 3. The van der Waals surface area contributed by atoms with Gasteiger partial charge in [-0.25, -0.2) is 15.0 Å². The Hall–Kier alpha value is -3.84. The fourth-order valence-corrected chi connectivity index (χ4v) is 6.60. The summed E-state index contributed by atoms with van der Waals surface area (Å²) in [7, 11) is 0. The second-order valence-electron chi connectivity index (χ2n) is 12.5. The van der Waals surface area contributed by atoms with Gasteiger partial charge in [-0.15, -0.1) is 0 Å². The third kappa shape index (κ3) is 14.2. The molecule has 3 fully saturated rings. The number of aliphatic hydroxyl groups excluding tert-OH is 2. The Morgan fingerprint density at radius 1 is 0.667 bits per heavy atom. The van der Waals surface area contributed by atoms with E-state index in [-0.39, 0.29) is 41.3 Å². The Morgan fingerprint density at radius 2 is 1.11 bits per heavy atom. The summed E-state index contributed by atoms with van der Waals surface area (Å²) in [4.78, 5) is 18.7. The molecule has 6 heterocycles. The van der Waals surface area contributed by atoms with Crippen LogP contribution in [-0.4, -0.2) is 131 Å². The van der Waals surface area contributed by atoms with Crippen molar-refractivity contribution in [1.29, 1.82) is 0 Å². The number of hydrogen-bond acceptors (Lipinski definition) is 14. The number of pyridine rings is 3. The van der Waals surface area contributed by atoms with Crippen LogP contribution in [-0.2, 0) is 14.2 Å². The molecule has 17 heteroatoms. The lowest BCUT2D eigenvalue weighted by Gasteiger charge is -2.30. The van der Waals surface area contributed by atoms with Crippen molar-refractivity contribution >= 4 is 54.6 Å². The van der Waals surface area contributed by atoms with Crippen molar-refractivity contribution in [3.8, 4) is 22.9 Å². The van der Waals surface area contributed by atoms with Gasteiger partial charge in [0.1, 0.15) is 24.6 Å². The Labute approximate surface area is 352 Å². The van der Waals surface area contributed by atoms with Crippen molar-refractivity contribution in [2.24, 2.45) is 0 Å². The van der Waals surface area contributed by atoms with Crippen LogP contribution in [0, 0.1) is 12.9 Å². The minimum absolute atomic E-state index is 0. The van der Waals surface area contributed by atoms with E-state index in [1.807, 2.05) is 29.2 Å². The maximum Gasteiger partial charge on any atom is 0.237 e. The molecule has 4 N–H and O–H groups in total. The SMILES string of the molecule is C.C.Cc1ccc(N)cc1-c1cnc(OCCO)c(N2CCOCC2)c1.Fc1ncc(Br)cc1N1CCOCC1.OCCOc1ncc(Br)cc1N1CCOCC1. The molecule has 1 aromatic carbocycles. The number of hydrogen-bond donors (Lipinski definition) is 3. The van der Waals surface area contributed by atoms with Gasteiger partial charge in [-0.1, -0.05) is 20.9 Å². The predicted octanol–water partition coefficient (Wildman–Crippen LogP) is 5.99. The number of halogens is 3. The van der Waals surface area contributed by atoms with Gasteiger partial charge >= 0.3 is 0 Å². The summed E-state index contributed by atoms with van der Waals surface area (Å²) >= 11 is 6.68. The highest BCUT2D eigenvalue weighted by molar-refractivity contribution is 9.10.